The maximum absolute atomic E-state index is 10.3. The Balaban J connectivity index is 1.54. The van der Waals surface area contributed by atoms with Crippen LogP contribution in [0.2, 0.25) is 0 Å². The first-order valence-corrected chi connectivity index (χ1v) is 7.75. The average Bonchev–Trinajstić information content (AvgIpc) is 3.10. The fourth-order valence-corrected chi connectivity index (χ4v) is 2.62. The minimum atomic E-state index is -0.485. The smallest absolute Gasteiger partial charge is 0.0991 e. The molecule has 4 nitrogen and oxygen atoms in total. The molecule has 0 fully saturated rings. The molecule has 3 rings (SSSR count). The molecule has 1 heterocycles. The summed E-state index contributed by atoms with van der Waals surface area (Å²) in [5, 5.41) is 13.6. The van der Waals surface area contributed by atoms with Gasteiger partial charge in [0, 0.05) is 31.2 Å². The monoisotopic (exact) mass is 307 g/mol. The Morgan fingerprint density at radius 1 is 1.13 bits per heavy atom. The lowest BCUT2D eigenvalue weighted by atomic mass is 10.0. The number of hydrogen-bond donors (Lipinski definition) is 2. The van der Waals surface area contributed by atoms with Gasteiger partial charge in [-0.3, -0.25) is 0 Å². The van der Waals surface area contributed by atoms with Crippen molar-refractivity contribution in [3.8, 4) is 5.69 Å². The lowest BCUT2D eigenvalue weighted by molar-refractivity contribution is 0.173. The van der Waals surface area contributed by atoms with Crippen molar-refractivity contribution in [2.45, 2.75) is 19.6 Å². The minimum absolute atomic E-state index is 0.485. The molecule has 1 atom stereocenters. The van der Waals surface area contributed by atoms with Gasteiger partial charge >= 0.3 is 0 Å². The van der Waals surface area contributed by atoms with Gasteiger partial charge in [0.1, 0.15) is 0 Å². The van der Waals surface area contributed by atoms with E-state index in [2.05, 4.69) is 34.6 Å². The fourth-order valence-electron chi connectivity index (χ4n) is 2.62. The first kappa shape index (κ1) is 15.5. The van der Waals surface area contributed by atoms with E-state index in [-0.39, 0.29) is 0 Å². The zero-order valence-electron chi connectivity index (χ0n) is 13.2. The van der Waals surface area contributed by atoms with Gasteiger partial charge in [0.2, 0.25) is 0 Å². The minimum Gasteiger partial charge on any atom is -0.387 e. The molecule has 2 aromatic carbocycles. The van der Waals surface area contributed by atoms with Gasteiger partial charge in [0.05, 0.1) is 12.4 Å². The second-order valence-electron chi connectivity index (χ2n) is 5.64. The summed E-state index contributed by atoms with van der Waals surface area (Å²) in [7, 11) is 0. The topological polar surface area (TPSA) is 50.1 Å². The van der Waals surface area contributed by atoms with E-state index in [1.54, 1.807) is 12.5 Å². The highest BCUT2D eigenvalue weighted by molar-refractivity contribution is 5.34. The number of aliphatic hydroxyl groups excluding tert-OH is 1. The lowest BCUT2D eigenvalue weighted by Gasteiger charge is -2.14. The van der Waals surface area contributed by atoms with Crippen LogP contribution in [-0.2, 0) is 6.54 Å². The second kappa shape index (κ2) is 7.22. The maximum Gasteiger partial charge on any atom is 0.0991 e. The third-order valence-electron chi connectivity index (χ3n) is 3.95. The Hall–Kier alpha value is -2.43. The number of hydrogen-bond acceptors (Lipinski definition) is 3. The molecule has 0 radical (unpaired) electrons. The van der Waals surface area contributed by atoms with Crippen molar-refractivity contribution in [1.29, 1.82) is 0 Å². The van der Waals surface area contributed by atoms with Crippen LogP contribution in [0.15, 0.2) is 67.3 Å². The molecule has 23 heavy (non-hydrogen) atoms. The predicted molar refractivity (Wildman–Crippen MR) is 91.4 cm³/mol. The Kier molecular flexibility index (Phi) is 4.86. The number of nitrogens with one attached hydrogen (secondary N) is 1. The zero-order valence-corrected chi connectivity index (χ0v) is 13.2. The molecule has 0 saturated heterocycles. The van der Waals surface area contributed by atoms with E-state index in [9.17, 15) is 5.11 Å². The standard InChI is InChI=1S/C19H21N3O/c1-15-4-2-3-5-18(15)19(23)13-21-12-16-6-8-17(9-7-16)22-11-10-20-14-22/h2-11,14,19,21,23H,12-13H2,1H3. The van der Waals surface area contributed by atoms with Gasteiger partial charge < -0.3 is 15.0 Å². The van der Waals surface area contributed by atoms with Crippen LogP contribution in [0.25, 0.3) is 5.69 Å². The van der Waals surface area contributed by atoms with Gasteiger partial charge in [-0.2, -0.15) is 0 Å². The van der Waals surface area contributed by atoms with Crippen molar-refractivity contribution in [2.24, 2.45) is 0 Å². The number of nitrogens with zero attached hydrogens (tertiary/aromatic N) is 2. The first-order valence-electron chi connectivity index (χ1n) is 7.75. The molecular weight excluding hydrogens is 286 g/mol. The molecular formula is C19H21N3O. The summed E-state index contributed by atoms with van der Waals surface area (Å²) in [5.41, 5.74) is 4.37. The number of aryl methyl sites for hydroxylation is 1. The average molecular weight is 307 g/mol. The quantitative estimate of drug-likeness (QED) is 0.736. The molecule has 2 N–H and O–H groups in total. The zero-order chi connectivity index (χ0) is 16.1. The molecule has 118 valence electrons. The van der Waals surface area contributed by atoms with E-state index in [1.165, 1.54) is 5.56 Å². The summed E-state index contributed by atoms with van der Waals surface area (Å²) >= 11 is 0. The van der Waals surface area contributed by atoms with Crippen LogP contribution >= 0.6 is 0 Å². The van der Waals surface area contributed by atoms with Crippen LogP contribution in [0.1, 0.15) is 22.8 Å². The third-order valence-corrected chi connectivity index (χ3v) is 3.95. The molecule has 0 aliphatic heterocycles. The molecule has 0 spiro atoms. The van der Waals surface area contributed by atoms with Crippen LogP contribution in [0.5, 0.6) is 0 Å². The van der Waals surface area contributed by atoms with Crippen molar-refractivity contribution < 1.29 is 5.11 Å². The molecule has 3 aromatic rings. The van der Waals surface area contributed by atoms with Gasteiger partial charge in [-0.15, -0.1) is 0 Å². The van der Waals surface area contributed by atoms with E-state index in [0.29, 0.717) is 6.54 Å². The van der Waals surface area contributed by atoms with Gasteiger partial charge in [-0.25, -0.2) is 4.98 Å². The molecule has 1 unspecified atom stereocenters. The second-order valence-corrected chi connectivity index (χ2v) is 5.64. The van der Waals surface area contributed by atoms with Crippen molar-refractivity contribution in [3.63, 3.8) is 0 Å². The highest BCUT2D eigenvalue weighted by Gasteiger charge is 2.09. The van der Waals surface area contributed by atoms with Crippen LogP contribution < -0.4 is 5.32 Å². The van der Waals surface area contributed by atoms with Crippen LogP contribution in [0.3, 0.4) is 0 Å². The summed E-state index contributed by atoms with van der Waals surface area (Å²) in [6.07, 6.45) is 4.99. The van der Waals surface area contributed by atoms with E-state index in [0.717, 1.165) is 23.4 Å². The Bertz CT molecular complexity index is 736. The molecule has 1 aromatic heterocycles. The summed E-state index contributed by atoms with van der Waals surface area (Å²) in [6.45, 7) is 3.29. The summed E-state index contributed by atoms with van der Waals surface area (Å²) in [6, 6.07) is 16.2. The van der Waals surface area contributed by atoms with Crippen LogP contribution in [0.4, 0.5) is 0 Å². The Labute approximate surface area is 136 Å². The maximum atomic E-state index is 10.3. The number of aliphatic hydroxyl groups is 1. The Morgan fingerprint density at radius 3 is 2.61 bits per heavy atom. The van der Waals surface area contributed by atoms with E-state index in [4.69, 9.17) is 0 Å². The van der Waals surface area contributed by atoms with Gasteiger partial charge in [-0.1, -0.05) is 36.4 Å². The molecule has 0 aliphatic carbocycles. The Morgan fingerprint density at radius 2 is 1.91 bits per heavy atom. The highest BCUT2D eigenvalue weighted by atomic mass is 16.3. The van der Waals surface area contributed by atoms with Crippen molar-refractivity contribution >= 4 is 0 Å². The summed E-state index contributed by atoms with van der Waals surface area (Å²) < 4.78 is 1.97. The number of imidazole rings is 1. The van der Waals surface area contributed by atoms with Crippen molar-refractivity contribution in [1.82, 2.24) is 14.9 Å². The third kappa shape index (κ3) is 3.86. The summed E-state index contributed by atoms with van der Waals surface area (Å²) in [5.74, 6) is 0. The molecule has 4 heteroatoms. The number of benzene rings is 2. The molecule has 0 aliphatic rings. The van der Waals surface area contributed by atoms with E-state index in [1.807, 2.05) is 42.0 Å². The largest absolute Gasteiger partial charge is 0.387 e. The molecule has 0 bridgehead atoms. The highest BCUT2D eigenvalue weighted by Crippen LogP contribution is 2.16. The SMILES string of the molecule is Cc1ccccc1C(O)CNCc1ccc(-n2ccnc2)cc1. The summed E-state index contributed by atoms with van der Waals surface area (Å²) in [4.78, 5) is 4.05. The number of aromatic nitrogens is 2. The van der Waals surface area contributed by atoms with Crippen LogP contribution in [0, 0.1) is 6.92 Å². The molecule has 0 amide bonds. The lowest BCUT2D eigenvalue weighted by Crippen LogP contribution is -2.21. The fraction of sp³-hybridized carbons (Fsp3) is 0.211. The van der Waals surface area contributed by atoms with Crippen molar-refractivity contribution in [3.05, 3.63) is 83.9 Å². The van der Waals surface area contributed by atoms with E-state index < -0.39 is 6.10 Å². The number of rotatable bonds is 6. The van der Waals surface area contributed by atoms with Gasteiger partial charge in [-0.05, 0) is 35.7 Å². The first-order chi connectivity index (χ1) is 11.2. The van der Waals surface area contributed by atoms with Gasteiger partial charge in [0.15, 0.2) is 0 Å². The predicted octanol–water partition coefficient (Wildman–Crippen LogP) is 3.00. The van der Waals surface area contributed by atoms with E-state index >= 15 is 0 Å². The molecule has 0 saturated carbocycles. The van der Waals surface area contributed by atoms with Gasteiger partial charge in [0.25, 0.3) is 0 Å². The normalized spacial score (nSPS) is 12.3. The van der Waals surface area contributed by atoms with Crippen molar-refractivity contribution in [2.75, 3.05) is 6.54 Å². The van der Waals surface area contributed by atoms with Crippen LogP contribution in [-0.4, -0.2) is 21.2 Å².